The first-order valence-electron chi connectivity index (χ1n) is 14.5. The summed E-state index contributed by atoms with van der Waals surface area (Å²) in [5.41, 5.74) is 3.76. The van der Waals surface area contributed by atoms with Gasteiger partial charge in [-0.3, -0.25) is 0 Å². The lowest BCUT2D eigenvalue weighted by molar-refractivity contribution is 0.0366. The molecule has 7 heteroatoms. The van der Waals surface area contributed by atoms with E-state index in [4.69, 9.17) is 9.47 Å². The van der Waals surface area contributed by atoms with Gasteiger partial charge in [-0.2, -0.15) is 0 Å². The van der Waals surface area contributed by atoms with Crippen LogP contribution in [0.5, 0.6) is 5.75 Å². The van der Waals surface area contributed by atoms with Gasteiger partial charge < -0.3 is 25.0 Å². The van der Waals surface area contributed by atoms with E-state index in [2.05, 4.69) is 54.5 Å². The molecule has 2 fully saturated rings. The average Bonchev–Trinajstić information content (AvgIpc) is 3.77. The molecule has 1 aliphatic heterocycles. The molecule has 3 atom stereocenters. The largest absolute Gasteiger partial charge is 0.497 e. The number of benzene rings is 2. The van der Waals surface area contributed by atoms with Gasteiger partial charge in [-0.25, -0.2) is 9.59 Å². The molecule has 4 rings (SSSR count). The molecular formula is C32H45N3O4. The highest BCUT2D eigenvalue weighted by atomic mass is 16.5. The number of nitrogens with zero attached hydrogens (tertiary/aromatic N) is 1. The van der Waals surface area contributed by atoms with Gasteiger partial charge in [0, 0.05) is 30.2 Å². The fourth-order valence-electron chi connectivity index (χ4n) is 6.24. The van der Waals surface area contributed by atoms with Gasteiger partial charge in [0.1, 0.15) is 5.75 Å². The number of methoxy groups -OCH3 is 1. The van der Waals surface area contributed by atoms with Crippen LogP contribution >= 0.6 is 0 Å². The number of hydrogen-bond donors (Lipinski definition) is 2. The summed E-state index contributed by atoms with van der Waals surface area (Å²) in [7, 11) is 1.73. The number of aryl methyl sites for hydroxylation is 1. The third-order valence-electron chi connectivity index (χ3n) is 8.95. The number of ether oxygens (including phenoxy) is 2. The summed E-state index contributed by atoms with van der Waals surface area (Å²) in [4.78, 5) is 27.4. The summed E-state index contributed by atoms with van der Waals surface area (Å²) in [6, 6.07) is 13.5. The van der Waals surface area contributed by atoms with Gasteiger partial charge in [0.25, 0.3) is 0 Å². The summed E-state index contributed by atoms with van der Waals surface area (Å²) >= 11 is 0. The fourth-order valence-corrected chi connectivity index (χ4v) is 6.24. The number of rotatable bonds is 11. The minimum Gasteiger partial charge on any atom is -0.497 e. The lowest BCUT2D eigenvalue weighted by atomic mass is 9.61. The highest BCUT2D eigenvalue weighted by Gasteiger charge is 2.47. The second kappa shape index (κ2) is 12.9. The minimum atomic E-state index is -0.366. The highest BCUT2D eigenvalue weighted by molar-refractivity contribution is 5.92. The Morgan fingerprint density at radius 2 is 1.82 bits per heavy atom. The maximum Gasteiger partial charge on any atom is 0.338 e. The number of likely N-dealkylation sites (tertiary alicyclic amines) is 1. The zero-order valence-corrected chi connectivity index (χ0v) is 24.2. The molecule has 0 spiro atoms. The van der Waals surface area contributed by atoms with Crippen LogP contribution in [-0.2, 0) is 16.6 Å². The number of urea groups is 1. The van der Waals surface area contributed by atoms with Crippen molar-refractivity contribution in [2.45, 2.75) is 71.3 Å². The van der Waals surface area contributed by atoms with E-state index < -0.39 is 0 Å². The van der Waals surface area contributed by atoms with Crippen LogP contribution in [0.2, 0.25) is 0 Å². The number of piperidine rings is 1. The Hall–Kier alpha value is -3.06. The van der Waals surface area contributed by atoms with Gasteiger partial charge >= 0.3 is 12.0 Å². The standard InChI is InChI=1S/C32H45N3O4/c1-6-25-12-15-28(38-5)20-29(25)32(17-19-35(21-24-8-9-24)23(4)22(32)3)16-18-33-31(37)34-27-13-10-26(11-14-27)30(36)39-7-2/h10-15,20,22-24H,6-9,16-19,21H2,1-5H3,(H2,33,34,37)/t22-,23?,32?/m0/s1. The van der Waals surface area contributed by atoms with E-state index in [0.29, 0.717) is 36.4 Å². The molecule has 2 N–H and O–H groups in total. The van der Waals surface area contributed by atoms with Crippen molar-refractivity contribution in [2.75, 3.05) is 38.7 Å². The Morgan fingerprint density at radius 3 is 2.46 bits per heavy atom. The Bertz CT molecular complexity index is 1130. The molecule has 39 heavy (non-hydrogen) atoms. The van der Waals surface area contributed by atoms with Crippen LogP contribution in [0.3, 0.4) is 0 Å². The average molecular weight is 536 g/mol. The van der Waals surface area contributed by atoms with Crippen LogP contribution in [0.1, 0.15) is 74.9 Å². The normalized spacial score (nSPS) is 23.2. The van der Waals surface area contributed by atoms with Crippen molar-refractivity contribution in [3.8, 4) is 5.75 Å². The van der Waals surface area contributed by atoms with E-state index in [-0.39, 0.29) is 17.4 Å². The van der Waals surface area contributed by atoms with E-state index >= 15 is 0 Å². The maximum atomic E-state index is 12.8. The number of nitrogens with one attached hydrogen (secondary N) is 2. The monoisotopic (exact) mass is 535 g/mol. The molecule has 1 saturated heterocycles. The molecule has 0 aromatic heterocycles. The van der Waals surface area contributed by atoms with E-state index in [9.17, 15) is 9.59 Å². The van der Waals surface area contributed by atoms with E-state index in [1.54, 1.807) is 38.3 Å². The molecule has 0 radical (unpaired) electrons. The van der Waals surface area contributed by atoms with Crippen molar-refractivity contribution in [1.29, 1.82) is 0 Å². The minimum absolute atomic E-state index is 0.0616. The van der Waals surface area contributed by atoms with Crippen molar-refractivity contribution < 1.29 is 19.1 Å². The lowest BCUT2D eigenvalue weighted by Gasteiger charge is -2.52. The third kappa shape index (κ3) is 6.75. The van der Waals surface area contributed by atoms with Crippen LogP contribution in [0.15, 0.2) is 42.5 Å². The van der Waals surface area contributed by atoms with Crippen LogP contribution in [0.4, 0.5) is 10.5 Å². The first-order valence-corrected chi connectivity index (χ1v) is 14.5. The summed E-state index contributed by atoms with van der Waals surface area (Å²) in [6.45, 7) is 11.9. The van der Waals surface area contributed by atoms with Crippen molar-refractivity contribution in [1.82, 2.24) is 10.2 Å². The summed E-state index contributed by atoms with van der Waals surface area (Å²) < 4.78 is 10.7. The molecule has 212 valence electrons. The number of hydrogen-bond acceptors (Lipinski definition) is 5. The zero-order chi connectivity index (χ0) is 28.0. The Labute approximate surface area is 233 Å². The van der Waals surface area contributed by atoms with Crippen LogP contribution < -0.4 is 15.4 Å². The molecule has 0 bridgehead atoms. The molecule has 2 unspecified atom stereocenters. The predicted octanol–water partition coefficient (Wildman–Crippen LogP) is 6.02. The topological polar surface area (TPSA) is 79.9 Å². The van der Waals surface area contributed by atoms with Crippen molar-refractivity contribution in [2.24, 2.45) is 11.8 Å². The van der Waals surface area contributed by atoms with Crippen molar-refractivity contribution >= 4 is 17.7 Å². The molecular weight excluding hydrogens is 490 g/mol. The highest BCUT2D eigenvalue weighted by Crippen LogP contribution is 2.48. The molecule has 2 amide bonds. The number of amides is 2. The SMILES string of the molecule is CCOC(=O)c1ccc(NC(=O)NCCC2(c3cc(OC)ccc3CC)CCN(CC3CC3)C(C)[C@@H]2C)cc1. The predicted molar refractivity (Wildman–Crippen MR) is 156 cm³/mol. The van der Waals surface area contributed by atoms with Crippen LogP contribution in [-0.4, -0.2) is 56.3 Å². The molecule has 7 nitrogen and oxygen atoms in total. The van der Waals surface area contributed by atoms with Gasteiger partial charge in [-0.15, -0.1) is 0 Å². The first-order chi connectivity index (χ1) is 18.8. The smallest absolute Gasteiger partial charge is 0.338 e. The molecule has 1 saturated carbocycles. The maximum absolute atomic E-state index is 12.8. The second-order valence-electron chi connectivity index (χ2n) is 11.2. The lowest BCUT2D eigenvalue weighted by Crippen LogP contribution is -2.55. The molecule has 2 aromatic rings. The fraction of sp³-hybridized carbons (Fsp3) is 0.562. The van der Waals surface area contributed by atoms with Crippen LogP contribution in [0.25, 0.3) is 0 Å². The number of anilines is 1. The molecule has 2 aromatic carbocycles. The van der Waals surface area contributed by atoms with Gasteiger partial charge in [0.2, 0.25) is 0 Å². The number of carbonyl (C=O) groups is 2. The van der Waals surface area contributed by atoms with E-state index in [1.807, 2.05) is 0 Å². The number of esters is 1. The van der Waals surface area contributed by atoms with Gasteiger partial charge in [-0.05, 0) is 112 Å². The van der Waals surface area contributed by atoms with Crippen molar-refractivity contribution in [3.63, 3.8) is 0 Å². The molecule has 2 aliphatic rings. The van der Waals surface area contributed by atoms with E-state index in [1.165, 1.54) is 30.5 Å². The first kappa shape index (κ1) is 28.9. The zero-order valence-electron chi connectivity index (χ0n) is 24.2. The summed E-state index contributed by atoms with van der Waals surface area (Å²) in [6.07, 6.45) is 5.60. The Morgan fingerprint density at radius 1 is 1.08 bits per heavy atom. The van der Waals surface area contributed by atoms with E-state index in [0.717, 1.165) is 37.5 Å². The Kier molecular flexibility index (Phi) is 9.54. The second-order valence-corrected chi connectivity index (χ2v) is 11.2. The Balaban J connectivity index is 1.48. The summed E-state index contributed by atoms with van der Waals surface area (Å²) in [5, 5.41) is 6.00. The van der Waals surface area contributed by atoms with Crippen molar-refractivity contribution in [3.05, 3.63) is 59.2 Å². The molecule has 1 heterocycles. The quantitative estimate of drug-likeness (QED) is 0.344. The van der Waals surface area contributed by atoms with Gasteiger partial charge in [0.05, 0.1) is 19.3 Å². The summed E-state index contributed by atoms with van der Waals surface area (Å²) in [5.74, 6) is 1.81. The molecule has 1 aliphatic carbocycles. The van der Waals surface area contributed by atoms with Crippen LogP contribution in [0, 0.1) is 11.8 Å². The third-order valence-corrected chi connectivity index (χ3v) is 8.95. The van der Waals surface area contributed by atoms with Gasteiger partial charge in [0.15, 0.2) is 0 Å². The number of carbonyl (C=O) groups excluding carboxylic acids is 2. The van der Waals surface area contributed by atoms with Gasteiger partial charge in [-0.1, -0.05) is 19.9 Å².